The number of rotatable bonds is 9. The molecule has 0 aliphatic carbocycles. The summed E-state index contributed by atoms with van der Waals surface area (Å²) in [5.41, 5.74) is 1.58. The Morgan fingerprint density at radius 1 is 1.00 bits per heavy atom. The van der Waals surface area contributed by atoms with E-state index in [1.807, 2.05) is 12.1 Å². The third-order valence-electron chi connectivity index (χ3n) is 3.88. The summed E-state index contributed by atoms with van der Waals surface area (Å²) in [4.78, 5) is 0. The first kappa shape index (κ1) is 18.5. The maximum atomic E-state index is 6.01. The highest BCUT2D eigenvalue weighted by Crippen LogP contribution is 2.24. The normalized spacial score (nSPS) is 13.4. The standard InChI is InChI=1S/C19H32ClN/c1-5-6-7-8-9-10-17(15-21-19(2,3)4)16-11-13-18(20)14-12-16/h11-14,17,21H,5-10,15H2,1-4H3. The van der Waals surface area contributed by atoms with Gasteiger partial charge in [0.25, 0.3) is 0 Å². The van der Waals surface area contributed by atoms with Gasteiger partial charge in [0.2, 0.25) is 0 Å². The molecule has 120 valence electrons. The fraction of sp³-hybridized carbons (Fsp3) is 0.684. The van der Waals surface area contributed by atoms with Gasteiger partial charge in [0.15, 0.2) is 0 Å². The van der Waals surface area contributed by atoms with Crippen LogP contribution in [0.25, 0.3) is 0 Å². The van der Waals surface area contributed by atoms with Crippen LogP contribution in [0.5, 0.6) is 0 Å². The van der Waals surface area contributed by atoms with E-state index in [0.29, 0.717) is 5.92 Å². The van der Waals surface area contributed by atoms with E-state index in [4.69, 9.17) is 11.6 Å². The maximum Gasteiger partial charge on any atom is 0.0406 e. The molecule has 0 aliphatic rings. The Morgan fingerprint density at radius 3 is 2.19 bits per heavy atom. The molecule has 1 aromatic rings. The number of hydrogen-bond donors (Lipinski definition) is 1. The smallest absolute Gasteiger partial charge is 0.0406 e. The van der Waals surface area contributed by atoms with Crippen molar-refractivity contribution in [2.24, 2.45) is 0 Å². The molecular weight excluding hydrogens is 278 g/mol. The average molecular weight is 310 g/mol. The molecule has 0 heterocycles. The van der Waals surface area contributed by atoms with E-state index < -0.39 is 0 Å². The predicted molar refractivity (Wildman–Crippen MR) is 95.3 cm³/mol. The van der Waals surface area contributed by atoms with Gasteiger partial charge in [-0.05, 0) is 50.8 Å². The van der Waals surface area contributed by atoms with Gasteiger partial charge in [0.05, 0.1) is 0 Å². The molecule has 0 aromatic heterocycles. The van der Waals surface area contributed by atoms with Crippen LogP contribution in [0.15, 0.2) is 24.3 Å². The van der Waals surface area contributed by atoms with Crippen molar-refractivity contribution in [1.29, 1.82) is 0 Å². The lowest BCUT2D eigenvalue weighted by Gasteiger charge is -2.26. The summed E-state index contributed by atoms with van der Waals surface area (Å²) in [6.45, 7) is 10.00. The number of unbranched alkanes of at least 4 members (excludes halogenated alkanes) is 4. The topological polar surface area (TPSA) is 12.0 Å². The lowest BCUT2D eigenvalue weighted by atomic mass is 9.92. The highest BCUT2D eigenvalue weighted by atomic mass is 35.5. The largest absolute Gasteiger partial charge is 0.311 e. The quantitative estimate of drug-likeness (QED) is 0.538. The average Bonchev–Trinajstić information content (AvgIpc) is 2.42. The van der Waals surface area contributed by atoms with Crippen LogP contribution in [0.1, 0.15) is 77.7 Å². The molecule has 1 aromatic carbocycles. The Bertz CT molecular complexity index is 378. The van der Waals surface area contributed by atoms with Crippen molar-refractivity contribution in [3.05, 3.63) is 34.9 Å². The van der Waals surface area contributed by atoms with Crippen LogP contribution in [0, 0.1) is 0 Å². The molecule has 1 rings (SSSR count). The van der Waals surface area contributed by atoms with E-state index in [1.54, 1.807) is 0 Å². The van der Waals surface area contributed by atoms with Crippen LogP contribution in [-0.4, -0.2) is 12.1 Å². The van der Waals surface area contributed by atoms with E-state index in [0.717, 1.165) is 11.6 Å². The van der Waals surface area contributed by atoms with E-state index in [1.165, 1.54) is 44.1 Å². The number of halogens is 1. The summed E-state index contributed by atoms with van der Waals surface area (Å²) in [6, 6.07) is 8.39. The van der Waals surface area contributed by atoms with Crippen LogP contribution in [0.3, 0.4) is 0 Å². The first-order valence-corrected chi connectivity index (χ1v) is 8.80. The molecule has 0 radical (unpaired) electrons. The Morgan fingerprint density at radius 2 is 1.62 bits per heavy atom. The zero-order chi connectivity index (χ0) is 15.7. The minimum atomic E-state index is 0.173. The number of hydrogen-bond acceptors (Lipinski definition) is 1. The van der Waals surface area contributed by atoms with Gasteiger partial charge in [0, 0.05) is 17.1 Å². The first-order valence-electron chi connectivity index (χ1n) is 8.43. The summed E-state index contributed by atoms with van der Waals surface area (Å²) in [5.74, 6) is 0.586. The fourth-order valence-electron chi connectivity index (χ4n) is 2.55. The second kappa shape index (κ2) is 9.48. The molecule has 1 unspecified atom stereocenters. The summed E-state index contributed by atoms with van der Waals surface area (Å²) in [6.07, 6.45) is 7.98. The van der Waals surface area contributed by atoms with Crippen molar-refractivity contribution >= 4 is 11.6 Å². The Kier molecular flexibility index (Phi) is 8.36. The Labute approximate surface area is 136 Å². The molecular formula is C19H32ClN. The zero-order valence-electron chi connectivity index (χ0n) is 14.2. The SMILES string of the molecule is CCCCCCCC(CNC(C)(C)C)c1ccc(Cl)cc1. The van der Waals surface area contributed by atoms with Crippen LogP contribution < -0.4 is 5.32 Å². The third kappa shape index (κ3) is 8.48. The van der Waals surface area contributed by atoms with Crippen molar-refractivity contribution in [2.45, 2.75) is 77.7 Å². The highest BCUT2D eigenvalue weighted by molar-refractivity contribution is 6.30. The summed E-state index contributed by atoms with van der Waals surface area (Å²) in [5, 5.41) is 4.48. The van der Waals surface area contributed by atoms with Gasteiger partial charge in [-0.1, -0.05) is 62.8 Å². The Balaban J connectivity index is 2.55. The molecule has 1 N–H and O–H groups in total. The molecule has 1 nitrogen and oxygen atoms in total. The maximum absolute atomic E-state index is 6.01. The van der Waals surface area contributed by atoms with Crippen LogP contribution >= 0.6 is 11.6 Å². The lowest BCUT2D eigenvalue weighted by Crippen LogP contribution is -2.38. The third-order valence-corrected chi connectivity index (χ3v) is 4.13. The molecule has 0 fully saturated rings. The van der Waals surface area contributed by atoms with E-state index >= 15 is 0 Å². The molecule has 0 bridgehead atoms. The second-order valence-corrected chi connectivity index (χ2v) is 7.52. The number of nitrogens with one attached hydrogen (secondary N) is 1. The first-order chi connectivity index (χ1) is 9.92. The van der Waals surface area contributed by atoms with Gasteiger partial charge in [-0.25, -0.2) is 0 Å². The van der Waals surface area contributed by atoms with E-state index in [-0.39, 0.29) is 5.54 Å². The molecule has 0 amide bonds. The Hall–Kier alpha value is -0.530. The lowest BCUT2D eigenvalue weighted by molar-refractivity contribution is 0.393. The highest BCUT2D eigenvalue weighted by Gasteiger charge is 2.15. The molecule has 1 atom stereocenters. The monoisotopic (exact) mass is 309 g/mol. The summed E-state index contributed by atoms with van der Waals surface area (Å²) in [7, 11) is 0. The van der Waals surface area contributed by atoms with Crippen molar-refractivity contribution in [3.63, 3.8) is 0 Å². The van der Waals surface area contributed by atoms with Gasteiger partial charge in [-0.15, -0.1) is 0 Å². The van der Waals surface area contributed by atoms with Crippen LogP contribution in [0.4, 0.5) is 0 Å². The molecule has 0 saturated heterocycles. The van der Waals surface area contributed by atoms with E-state index in [9.17, 15) is 0 Å². The van der Waals surface area contributed by atoms with Gasteiger partial charge < -0.3 is 5.32 Å². The van der Waals surface area contributed by atoms with Gasteiger partial charge in [-0.2, -0.15) is 0 Å². The predicted octanol–water partition coefficient (Wildman–Crippen LogP) is 6.17. The molecule has 0 spiro atoms. The summed E-state index contributed by atoms with van der Waals surface area (Å²) < 4.78 is 0. The van der Waals surface area contributed by atoms with E-state index in [2.05, 4.69) is 45.1 Å². The van der Waals surface area contributed by atoms with Gasteiger partial charge in [-0.3, -0.25) is 0 Å². The molecule has 2 heteroatoms. The van der Waals surface area contributed by atoms with Crippen molar-refractivity contribution in [3.8, 4) is 0 Å². The minimum Gasteiger partial charge on any atom is -0.311 e. The fourth-order valence-corrected chi connectivity index (χ4v) is 2.67. The minimum absolute atomic E-state index is 0.173. The van der Waals surface area contributed by atoms with Crippen molar-refractivity contribution in [1.82, 2.24) is 5.32 Å². The number of benzene rings is 1. The summed E-state index contributed by atoms with van der Waals surface area (Å²) >= 11 is 6.01. The van der Waals surface area contributed by atoms with Crippen LogP contribution in [0.2, 0.25) is 5.02 Å². The molecule has 0 saturated carbocycles. The second-order valence-electron chi connectivity index (χ2n) is 7.08. The zero-order valence-corrected chi connectivity index (χ0v) is 15.0. The molecule has 0 aliphatic heterocycles. The molecule has 21 heavy (non-hydrogen) atoms. The van der Waals surface area contributed by atoms with Gasteiger partial charge >= 0.3 is 0 Å². The van der Waals surface area contributed by atoms with Crippen LogP contribution in [-0.2, 0) is 0 Å². The van der Waals surface area contributed by atoms with Crippen molar-refractivity contribution in [2.75, 3.05) is 6.54 Å². The van der Waals surface area contributed by atoms with Crippen molar-refractivity contribution < 1.29 is 0 Å². The van der Waals surface area contributed by atoms with Gasteiger partial charge in [0.1, 0.15) is 0 Å².